The lowest BCUT2D eigenvalue weighted by atomic mass is 10.2. The Kier molecular flexibility index (Phi) is 7.52. The second-order valence-corrected chi connectivity index (χ2v) is 10.7. The second-order valence-electron chi connectivity index (χ2n) is 8.71. The zero-order valence-electron chi connectivity index (χ0n) is 21.4. The molecule has 0 amide bonds. The van der Waals surface area contributed by atoms with Crippen LogP contribution in [0, 0.1) is 6.92 Å². The largest absolute Gasteiger partial charge is 0.497 e. The number of aryl methyl sites for hydroxylation is 1. The summed E-state index contributed by atoms with van der Waals surface area (Å²) in [4.78, 5) is 0.375. The maximum absolute atomic E-state index is 12.9. The molecule has 5 rings (SSSR count). The van der Waals surface area contributed by atoms with Crippen molar-refractivity contribution >= 4 is 9.84 Å². The molecular formula is C32H26O6S. The van der Waals surface area contributed by atoms with Crippen molar-refractivity contribution in [1.29, 1.82) is 0 Å². The van der Waals surface area contributed by atoms with Crippen LogP contribution in [-0.2, 0) is 9.84 Å². The summed E-state index contributed by atoms with van der Waals surface area (Å²) >= 11 is 0. The quantitative estimate of drug-likeness (QED) is 0.188. The number of methoxy groups -OCH3 is 1. The van der Waals surface area contributed by atoms with E-state index in [2.05, 4.69) is 0 Å². The summed E-state index contributed by atoms with van der Waals surface area (Å²) in [6, 6.07) is 35.0. The van der Waals surface area contributed by atoms with Crippen LogP contribution in [0.5, 0.6) is 40.2 Å². The SMILES string of the molecule is COc1ccc(S(=O)(=O)c2ccc(Oc3ccc(Oc4ccc(Oc5ccc(C)cc5)cc4)cc3)cc2)cc1. The molecule has 0 unspecified atom stereocenters. The molecule has 0 spiro atoms. The molecule has 0 bridgehead atoms. The van der Waals surface area contributed by atoms with Gasteiger partial charge in [0.1, 0.15) is 40.2 Å². The van der Waals surface area contributed by atoms with Gasteiger partial charge in [-0.3, -0.25) is 0 Å². The summed E-state index contributed by atoms with van der Waals surface area (Å²) in [5, 5.41) is 0. The minimum atomic E-state index is -3.64. The summed E-state index contributed by atoms with van der Waals surface area (Å²) in [6.07, 6.45) is 0. The van der Waals surface area contributed by atoms with Crippen molar-refractivity contribution < 1.29 is 27.4 Å². The molecule has 0 fully saturated rings. The van der Waals surface area contributed by atoms with Gasteiger partial charge in [0.2, 0.25) is 9.84 Å². The smallest absolute Gasteiger partial charge is 0.206 e. The fourth-order valence-corrected chi connectivity index (χ4v) is 5.00. The topological polar surface area (TPSA) is 71.1 Å². The van der Waals surface area contributed by atoms with Crippen LogP contribution in [0.15, 0.2) is 131 Å². The number of sulfone groups is 1. The lowest BCUT2D eigenvalue weighted by molar-refractivity contribution is 0.414. The molecule has 0 saturated carbocycles. The first-order valence-electron chi connectivity index (χ1n) is 12.2. The number of hydrogen-bond donors (Lipinski definition) is 0. The third kappa shape index (κ3) is 6.40. The summed E-state index contributed by atoms with van der Waals surface area (Å²) in [7, 11) is -2.11. The van der Waals surface area contributed by atoms with Crippen molar-refractivity contribution in [2.75, 3.05) is 7.11 Å². The van der Waals surface area contributed by atoms with Crippen LogP contribution in [0.1, 0.15) is 5.56 Å². The van der Waals surface area contributed by atoms with Crippen molar-refractivity contribution in [1.82, 2.24) is 0 Å². The first kappa shape index (κ1) is 25.9. The van der Waals surface area contributed by atoms with Gasteiger partial charge in [-0.15, -0.1) is 0 Å². The summed E-state index contributed by atoms with van der Waals surface area (Å²) in [5.74, 6) is 4.52. The van der Waals surface area contributed by atoms with E-state index in [1.807, 2.05) is 55.5 Å². The Morgan fingerprint density at radius 2 is 0.667 bits per heavy atom. The van der Waals surface area contributed by atoms with Crippen molar-refractivity contribution in [3.05, 3.63) is 127 Å². The van der Waals surface area contributed by atoms with Gasteiger partial charge in [0.05, 0.1) is 16.9 Å². The highest BCUT2D eigenvalue weighted by Crippen LogP contribution is 2.30. The van der Waals surface area contributed by atoms with Crippen LogP contribution in [0.3, 0.4) is 0 Å². The Bertz CT molecular complexity index is 1630. The maximum atomic E-state index is 12.9. The highest BCUT2D eigenvalue weighted by atomic mass is 32.2. The maximum Gasteiger partial charge on any atom is 0.206 e. The summed E-state index contributed by atoms with van der Waals surface area (Å²) in [6.45, 7) is 2.03. The highest BCUT2D eigenvalue weighted by molar-refractivity contribution is 7.91. The molecule has 0 radical (unpaired) electrons. The molecule has 0 N–H and O–H groups in total. The molecule has 5 aromatic carbocycles. The fourth-order valence-electron chi connectivity index (χ4n) is 3.74. The molecule has 0 heterocycles. The summed E-state index contributed by atoms with van der Waals surface area (Å²) < 4.78 is 48.6. The van der Waals surface area contributed by atoms with Crippen LogP contribution in [-0.4, -0.2) is 15.5 Å². The Hall–Kier alpha value is -4.75. The zero-order valence-corrected chi connectivity index (χ0v) is 22.2. The first-order valence-corrected chi connectivity index (χ1v) is 13.7. The van der Waals surface area contributed by atoms with E-state index in [9.17, 15) is 8.42 Å². The molecular weight excluding hydrogens is 512 g/mol. The van der Waals surface area contributed by atoms with Gasteiger partial charge >= 0.3 is 0 Å². The van der Waals surface area contributed by atoms with E-state index in [-0.39, 0.29) is 9.79 Å². The van der Waals surface area contributed by atoms with Crippen molar-refractivity contribution in [2.24, 2.45) is 0 Å². The molecule has 0 aromatic heterocycles. The number of benzene rings is 5. The predicted octanol–water partition coefficient (Wildman–Crippen LogP) is 8.21. The average molecular weight is 539 g/mol. The van der Waals surface area contributed by atoms with E-state index in [4.69, 9.17) is 18.9 Å². The predicted molar refractivity (Wildman–Crippen MR) is 149 cm³/mol. The first-order chi connectivity index (χ1) is 18.9. The van der Waals surface area contributed by atoms with E-state index >= 15 is 0 Å². The van der Waals surface area contributed by atoms with Crippen LogP contribution in [0.25, 0.3) is 0 Å². The minimum absolute atomic E-state index is 0.180. The van der Waals surface area contributed by atoms with E-state index in [1.165, 1.54) is 36.9 Å². The average Bonchev–Trinajstić information content (AvgIpc) is 2.97. The molecule has 6 nitrogen and oxygen atoms in total. The van der Waals surface area contributed by atoms with E-state index in [0.29, 0.717) is 28.7 Å². The highest BCUT2D eigenvalue weighted by Gasteiger charge is 2.17. The van der Waals surface area contributed by atoms with Gasteiger partial charge in [-0.25, -0.2) is 8.42 Å². The normalized spacial score (nSPS) is 11.0. The number of ether oxygens (including phenoxy) is 4. The van der Waals surface area contributed by atoms with Gasteiger partial charge in [-0.2, -0.15) is 0 Å². The van der Waals surface area contributed by atoms with Crippen molar-refractivity contribution in [3.63, 3.8) is 0 Å². The van der Waals surface area contributed by atoms with Crippen LogP contribution >= 0.6 is 0 Å². The monoisotopic (exact) mass is 538 g/mol. The van der Waals surface area contributed by atoms with Crippen LogP contribution < -0.4 is 18.9 Å². The van der Waals surface area contributed by atoms with Gasteiger partial charge in [-0.1, -0.05) is 17.7 Å². The fraction of sp³-hybridized carbons (Fsp3) is 0.0625. The molecule has 0 aliphatic rings. The van der Waals surface area contributed by atoms with E-state index < -0.39 is 9.84 Å². The lowest BCUT2D eigenvalue weighted by Gasteiger charge is -2.10. The van der Waals surface area contributed by atoms with Gasteiger partial charge in [0, 0.05) is 0 Å². The Morgan fingerprint density at radius 1 is 0.410 bits per heavy atom. The Balaban J connectivity index is 1.18. The minimum Gasteiger partial charge on any atom is -0.497 e. The molecule has 0 aliphatic carbocycles. The third-order valence-electron chi connectivity index (χ3n) is 5.88. The van der Waals surface area contributed by atoms with Gasteiger partial charge in [-0.05, 0) is 116 Å². The molecule has 0 aliphatic heterocycles. The van der Waals surface area contributed by atoms with Gasteiger partial charge < -0.3 is 18.9 Å². The Morgan fingerprint density at radius 3 is 0.974 bits per heavy atom. The molecule has 5 aromatic rings. The second kappa shape index (κ2) is 11.3. The lowest BCUT2D eigenvalue weighted by Crippen LogP contribution is -2.01. The third-order valence-corrected chi connectivity index (χ3v) is 7.66. The zero-order chi connectivity index (χ0) is 27.2. The molecule has 196 valence electrons. The number of rotatable bonds is 9. The van der Waals surface area contributed by atoms with Crippen LogP contribution in [0.2, 0.25) is 0 Å². The standard InChI is InChI=1S/C32H26O6S/c1-23-3-5-25(6-4-23)36-26-7-9-27(10-8-26)37-28-11-13-29(14-12-28)38-30-17-21-32(22-18-30)39(33,34)31-19-15-24(35-2)16-20-31/h3-22H,1-2H3. The van der Waals surface area contributed by atoms with E-state index in [1.54, 1.807) is 48.5 Å². The van der Waals surface area contributed by atoms with Gasteiger partial charge in [0.15, 0.2) is 0 Å². The van der Waals surface area contributed by atoms with E-state index in [0.717, 1.165) is 11.5 Å². The Labute approximate surface area is 227 Å². The number of hydrogen-bond acceptors (Lipinski definition) is 6. The van der Waals surface area contributed by atoms with Gasteiger partial charge in [0.25, 0.3) is 0 Å². The van der Waals surface area contributed by atoms with Crippen molar-refractivity contribution in [2.45, 2.75) is 16.7 Å². The molecule has 39 heavy (non-hydrogen) atoms. The molecule has 0 saturated heterocycles. The molecule has 7 heteroatoms. The summed E-state index contributed by atoms with van der Waals surface area (Å²) in [5.41, 5.74) is 1.18. The van der Waals surface area contributed by atoms with Crippen LogP contribution in [0.4, 0.5) is 0 Å². The molecule has 0 atom stereocenters. The van der Waals surface area contributed by atoms with Crippen molar-refractivity contribution in [3.8, 4) is 40.2 Å².